The van der Waals surface area contributed by atoms with Crippen LogP contribution in [-0.4, -0.2) is 49.4 Å². The second-order valence-electron chi connectivity index (χ2n) is 8.17. The van der Waals surface area contributed by atoms with Crippen molar-refractivity contribution < 1.29 is 23.8 Å². The summed E-state index contributed by atoms with van der Waals surface area (Å²) in [6.07, 6.45) is -0.269. The highest BCUT2D eigenvalue weighted by Gasteiger charge is 2.34. The number of carbonyl (C=O) groups is 2. The molecule has 1 aliphatic heterocycles. The maximum Gasteiger partial charge on any atom is 0.338 e. The van der Waals surface area contributed by atoms with Gasteiger partial charge in [-0.05, 0) is 62.8 Å². The van der Waals surface area contributed by atoms with Crippen LogP contribution in [0.5, 0.6) is 11.5 Å². The van der Waals surface area contributed by atoms with Crippen LogP contribution in [-0.2, 0) is 9.53 Å². The van der Waals surface area contributed by atoms with Crippen LogP contribution in [0.2, 0.25) is 0 Å². The number of esters is 1. The first-order chi connectivity index (χ1) is 16.6. The predicted octanol–water partition coefficient (Wildman–Crippen LogP) is 4.43. The van der Waals surface area contributed by atoms with E-state index in [1.165, 1.54) is 7.11 Å². The fourth-order valence-electron chi connectivity index (χ4n) is 3.61. The number of rotatable bonds is 7. The van der Waals surface area contributed by atoms with Crippen LogP contribution < -0.4 is 25.4 Å². The third-order valence-corrected chi connectivity index (χ3v) is 5.84. The Morgan fingerprint density at radius 2 is 1.83 bits per heavy atom. The molecule has 9 nitrogen and oxygen atoms in total. The van der Waals surface area contributed by atoms with Crippen LogP contribution in [0.1, 0.15) is 32.4 Å². The van der Waals surface area contributed by atoms with Gasteiger partial charge in [0, 0.05) is 24.5 Å². The van der Waals surface area contributed by atoms with E-state index in [4.69, 9.17) is 26.4 Å². The monoisotopic (exact) mass is 498 g/mol. The number of nitrogens with one attached hydrogen (secondary N) is 3. The molecule has 35 heavy (non-hydrogen) atoms. The van der Waals surface area contributed by atoms with Crippen molar-refractivity contribution in [2.45, 2.75) is 32.9 Å². The van der Waals surface area contributed by atoms with Crippen molar-refractivity contribution in [1.82, 2.24) is 10.2 Å². The fraction of sp³-hybridized carbons (Fsp3) is 0.320. The molecule has 2 amide bonds. The van der Waals surface area contributed by atoms with Gasteiger partial charge in [0.25, 0.3) is 0 Å². The van der Waals surface area contributed by atoms with Crippen molar-refractivity contribution in [3.8, 4) is 11.5 Å². The number of amides is 2. The first-order valence-electron chi connectivity index (χ1n) is 11.0. The summed E-state index contributed by atoms with van der Waals surface area (Å²) in [7, 11) is 4.86. The van der Waals surface area contributed by atoms with Gasteiger partial charge < -0.3 is 35.1 Å². The highest BCUT2D eigenvalue weighted by atomic mass is 32.1. The smallest absolute Gasteiger partial charge is 0.338 e. The van der Waals surface area contributed by atoms with E-state index < -0.39 is 18.0 Å². The van der Waals surface area contributed by atoms with E-state index in [-0.39, 0.29) is 6.10 Å². The molecule has 10 heteroatoms. The number of methoxy groups -OCH3 is 2. The van der Waals surface area contributed by atoms with Gasteiger partial charge in [0.15, 0.2) is 5.11 Å². The first kappa shape index (κ1) is 25.8. The number of hydrogen-bond acceptors (Lipinski definition) is 6. The SMILES string of the molecule is COc1ccc(NC(=O)Nc2cccc([C@@H]3NC(=S)N(C)C(C)=C3C(=O)OC(C)C)c2)c(OC)c1. The number of carbonyl (C=O) groups excluding carboxylic acids is 2. The number of nitrogens with zero attached hydrogens (tertiary/aromatic N) is 1. The second-order valence-corrected chi connectivity index (χ2v) is 8.55. The molecular weight excluding hydrogens is 468 g/mol. The number of allylic oxidation sites excluding steroid dienone is 1. The molecule has 0 aromatic heterocycles. The number of anilines is 2. The summed E-state index contributed by atoms with van der Waals surface area (Å²) in [4.78, 5) is 27.4. The topological polar surface area (TPSA) is 101 Å². The molecule has 0 saturated carbocycles. The van der Waals surface area contributed by atoms with Crippen LogP contribution in [0.15, 0.2) is 53.7 Å². The Morgan fingerprint density at radius 1 is 1.09 bits per heavy atom. The lowest BCUT2D eigenvalue weighted by Crippen LogP contribution is -2.46. The third kappa shape index (κ3) is 6.02. The maximum absolute atomic E-state index is 12.9. The lowest BCUT2D eigenvalue weighted by Gasteiger charge is -2.35. The van der Waals surface area contributed by atoms with E-state index in [1.54, 1.807) is 69.3 Å². The number of hydrogen-bond donors (Lipinski definition) is 3. The molecule has 3 N–H and O–H groups in total. The minimum Gasteiger partial charge on any atom is -0.497 e. The van der Waals surface area contributed by atoms with Crippen LogP contribution in [0.3, 0.4) is 0 Å². The van der Waals surface area contributed by atoms with Gasteiger partial charge in [0.05, 0.1) is 37.6 Å². The Morgan fingerprint density at radius 3 is 2.49 bits per heavy atom. The normalized spacial score (nSPS) is 15.5. The Labute approximate surface area is 210 Å². The van der Waals surface area contributed by atoms with Crippen molar-refractivity contribution in [2.75, 3.05) is 31.9 Å². The van der Waals surface area contributed by atoms with Crippen molar-refractivity contribution in [2.24, 2.45) is 0 Å². The average Bonchev–Trinajstić information content (AvgIpc) is 2.82. The summed E-state index contributed by atoms with van der Waals surface area (Å²) in [5.41, 5.74) is 2.93. The standard InChI is InChI=1S/C25H30N4O5S/c1-14(2)34-23(30)21-15(3)29(4)25(35)28-22(21)16-8-7-9-17(12-16)26-24(31)27-19-11-10-18(32-5)13-20(19)33-6/h7-14,22H,1-6H3,(H,28,35)(H2,26,27,31)/t22-/m0/s1. The molecule has 0 spiro atoms. The summed E-state index contributed by atoms with van der Waals surface area (Å²) >= 11 is 5.46. The number of urea groups is 1. The van der Waals surface area contributed by atoms with Crippen LogP contribution in [0.4, 0.5) is 16.2 Å². The minimum atomic E-state index is -0.531. The predicted molar refractivity (Wildman–Crippen MR) is 139 cm³/mol. The molecule has 186 valence electrons. The first-order valence-corrected chi connectivity index (χ1v) is 11.4. The number of benzene rings is 2. The number of thiocarbonyl (C=S) groups is 1. The van der Waals surface area contributed by atoms with E-state index in [0.717, 1.165) is 5.56 Å². The Balaban J connectivity index is 1.84. The molecule has 0 unspecified atom stereocenters. The molecule has 0 saturated heterocycles. The van der Waals surface area contributed by atoms with Gasteiger partial charge in [0.1, 0.15) is 11.5 Å². The van der Waals surface area contributed by atoms with Crippen molar-refractivity contribution in [3.63, 3.8) is 0 Å². The molecule has 1 heterocycles. The minimum absolute atomic E-state index is 0.269. The zero-order valence-electron chi connectivity index (χ0n) is 20.6. The van der Waals surface area contributed by atoms with E-state index in [2.05, 4.69) is 16.0 Å². The number of ether oxygens (including phenoxy) is 3. The molecular formula is C25H30N4O5S. The molecule has 3 rings (SSSR count). The van der Waals surface area contributed by atoms with Crippen molar-refractivity contribution >= 4 is 40.7 Å². The lowest BCUT2D eigenvalue weighted by atomic mass is 9.94. The average molecular weight is 499 g/mol. The van der Waals surface area contributed by atoms with E-state index in [0.29, 0.717) is 39.3 Å². The summed E-state index contributed by atoms with van der Waals surface area (Å²) in [5.74, 6) is 0.650. The van der Waals surface area contributed by atoms with E-state index in [9.17, 15) is 9.59 Å². The molecule has 1 atom stereocenters. The molecule has 1 aliphatic rings. The van der Waals surface area contributed by atoms with Gasteiger partial charge in [-0.25, -0.2) is 9.59 Å². The van der Waals surface area contributed by atoms with Crippen molar-refractivity contribution in [3.05, 3.63) is 59.3 Å². The van der Waals surface area contributed by atoms with Gasteiger partial charge in [-0.2, -0.15) is 0 Å². The highest BCUT2D eigenvalue weighted by Crippen LogP contribution is 2.33. The third-order valence-electron chi connectivity index (χ3n) is 5.45. The van der Waals surface area contributed by atoms with Crippen LogP contribution in [0, 0.1) is 0 Å². The van der Waals surface area contributed by atoms with E-state index in [1.807, 2.05) is 13.0 Å². The zero-order chi connectivity index (χ0) is 25.7. The molecule has 0 bridgehead atoms. The van der Waals surface area contributed by atoms with Gasteiger partial charge in [-0.15, -0.1) is 0 Å². The molecule has 0 aliphatic carbocycles. The lowest BCUT2D eigenvalue weighted by molar-refractivity contribution is -0.143. The second kappa shape index (κ2) is 11.1. The van der Waals surface area contributed by atoms with E-state index >= 15 is 0 Å². The highest BCUT2D eigenvalue weighted by molar-refractivity contribution is 7.80. The van der Waals surface area contributed by atoms with Gasteiger partial charge >= 0.3 is 12.0 Å². The maximum atomic E-state index is 12.9. The Hall–Kier alpha value is -3.79. The Kier molecular flexibility index (Phi) is 8.18. The van der Waals surface area contributed by atoms with Gasteiger partial charge in [0.2, 0.25) is 0 Å². The van der Waals surface area contributed by atoms with Crippen LogP contribution >= 0.6 is 12.2 Å². The quantitative estimate of drug-likeness (QED) is 0.381. The fourth-order valence-corrected chi connectivity index (χ4v) is 3.86. The summed E-state index contributed by atoms with van der Waals surface area (Å²) in [6, 6.07) is 11.3. The van der Waals surface area contributed by atoms with Gasteiger partial charge in [-0.1, -0.05) is 12.1 Å². The molecule has 2 aromatic rings. The summed E-state index contributed by atoms with van der Waals surface area (Å²) in [6.45, 7) is 5.43. The van der Waals surface area contributed by atoms with Crippen molar-refractivity contribution in [1.29, 1.82) is 0 Å². The summed E-state index contributed by atoms with van der Waals surface area (Å²) < 4.78 is 16.0. The summed E-state index contributed by atoms with van der Waals surface area (Å²) in [5, 5.41) is 9.28. The zero-order valence-corrected chi connectivity index (χ0v) is 21.4. The van der Waals surface area contributed by atoms with Crippen LogP contribution in [0.25, 0.3) is 0 Å². The largest absolute Gasteiger partial charge is 0.497 e. The van der Waals surface area contributed by atoms with Gasteiger partial charge in [-0.3, -0.25) is 0 Å². The molecule has 0 fully saturated rings. The molecule has 2 aromatic carbocycles. The molecule has 0 radical (unpaired) electrons. The Bertz CT molecular complexity index is 1160.